The first kappa shape index (κ1) is 83.6. The highest BCUT2D eigenvalue weighted by Crippen LogP contribution is 2.22. The van der Waals surface area contributed by atoms with Crippen molar-refractivity contribution < 1.29 is 28.0 Å². The number of nitrogens with zero attached hydrogens (tertiary/aromatic N) is 13. The number of halogens is 2. The molecule has 0 saturated carbocycles. The Kier molecular flexibility index (Phi) is 31.6. The van der Waals surface area contributed by atoms with Crippen LogP contribution < -0.4 is 0 Å². The Bertz CT molecular complexity index is 5140. The van der Waals surface area contributed by atoms with Crippen molar-refractivity contribution in [3.05, 3.63) is 329 Å². The molecule has 11 aromatic rings. The maximum atomic E-state index is 14.4. The van der Waals surface area contributed by atoms with E-state index in [0.717, 1.165) is 112 Å². The second-order valence-corrected chi connectivity index (χ2v) is 27.1. The number of rotatable bonds is 25. The molecule has 0 aliphatic carbocycles. The predicted molar refractivity (Wildman–Crippen MR) is 441 cm³/mol. The van der Waals surface area contributed by atoms with E-state index in [0.29, 0.717) is 36.2 Å². The molecule has 0 spiro atoms. The van der Waals surface area contributed by atoms with Gasteiger partial charge in [0.05, 0.1) is 69.9 Å². The molecule has 0 aliphatic rings. The van der Waals surface area contributed by atoms with Crippen molar-refractivity contribution in [2.24, 2.45) is 20.3 Å². The minimum atomic E-state index is -0.385. The maximum absolute atomic E-state index is 14.4. The molecule has 0 bridgehead atoms. The number of carbonyl (C=O) groups is 4. The quantitative estimate of drug-likeness (QED) is 0.0307. The van der Waals surface area contributed by atoms with E-state index in [4.69, 9.17) is 12.8 Å². The van der Waals surface area contributed by atoms with Gasteiger partial charge >= 0.3 is 0 Å². The number of amides is 3. The van der Waals surface area contributed by atoms with Gasteiger partial charge < -0.3 is 0 Å². The zero-order chi connectivity index (χ0) is 79.9. The molecule has 17 nitrogen and oxygen atoms in total. The first-order chi connectivity index (χ1) is 53.4. The highest BCUT2D eigenvalue weighted by Gasteiger charge is 2.21. The first-order valence-corrected chi connectivity index (χ1v) is 36.5. The number of Topliss-reactive ketones (excluding diaryl/α,β-unsaturated/α-hetero) is 1. The third-order valence-corrected chi connectivity index (χ3v) is 18.4. The lowest BCUT2D eigenvalue weighted by Crippen LogP contribution is -2.28. The third kappa shape index (κ3) is 25.9. The molecule has 111 heavy (non-hydrogen) atoms. The van der Waals surface area contributed by atoms with Crippen LogP contribution in [-0.2, 0) is 64.5 Å². The van der Waals surface area contributed by atoms with E-state index < -0.39 is 0 Å². The van der Waals surface area contributed by atoms with Gasteiger partial charge in [-0.1, -0.05) is 204 Å². The average Bonchev–Trinajstić information content (AvgIpc) is 1.78. The van der Waals surface area contributed by atoms with E-state index in [1.54, 1.807) is 46.2 Å². The summed E-state index contributed by atoms with van der Waals surface area (Å²) in [5.41, 5.74) is 21.7. The SMILES string of the molecule is C#CCN(/N=C/c1ccc(C)cc1)C(=O)Cc1c(C)cccc1C.C#CCN(/N=C/c1ccc(C)cc1F)C(=O)Cc1c(C)cccc1C.CCn1cc(-c2ccc(C=NCC(=O)Cc3c(C)cccc3C)cc2)nn1.Cc1ccc(/C=N/N(Cc2cn(Cc3ccccc3)nn2)C(=O)Cc2c(C)cccc2C)c(F)c1. The van der Waals surface area contributed by atoms with Crippen LogP contribution in [0, 0.1) is 112 Å². The fraction of sp³-hybridized carbons (Fsp3) is 0.239. The number of aliphatic imine (C=N–C) groups is 1. The van der Waals surface area contributed by atoms with Crippen molar-refractivity contribution in [1.82, 2.24) is 45.0 Å². The average molecular weight is 1480 g/mol. The smallest absolute Gasteiger partial charge is 0.248 e. The van der Waals surface area contributed by atoms with Gasteiger partial charge in [0.1, 0.15) is 36.1 Å². The van der Waals surface area contributed by atoms with Gasteiger partial charge in [0.25, 0.3) is 0 Å². The predicted octanol–water partition coefficient (Wildman–Crippen LogP) is 16.2. The molecule has 0 aliphatic heterocycles. The molecule has 19 heteroatoms. The van der Waals surface area contributed by atoms with Crippen LogP contribution >= 0.6 is 0 Å². The van der Waals surface area contributed by atoms with Crippen LogP contribution in [0.1, 0.15) is 124 Å². The molecule has 0 radical (unpaired) electrons. The number of aromatic nitrogens is 6. The van der Waals surface area contributed by atoms with Crippen LogP contribution in [0.3, 0.4) is 0 Å². The zero-order valence-corrected chi connectivity index (χ0v) is 65.3. The Morgan fingerprint density at radius 1 is 0.441 bits per heavy atom. The van der Waals surface area contributed by atoms with Crippen molar-refractivity contribution in [1.29, 1.82) is 0 Å². The Morgan fingerprint density at radius 2 is 0.847 bits per heavy atom. The number of hydrogen-bond acceptors (Lipinski definition) is 12. The van der Waals surface area contributed by atoms with Crippen LogP contribution in [0.4, 0.5) is 8.78 Å². The number of aryl methyl sites for hydroxylation is 12. The number of benzene rings is 9. The lowest BCUT2D eigenvalue weighted by molar-refractivity contribution is -0.131. The highest BCUT2D eigenvalue weighted by atomic mass is 19.1. The molecule has 0 atom stereocenters. The van der Waals surface area contributed by atoms with E-state index in [1.165, 1.54) is 45.2 Å². The minimum Gasteiger partial charge on any atom is -0.297 e. The third-order valence-electron chi connectivity index (χ3n) is 18.4. The first-order valence-electron chi connectivity index (χ1n) is 36.5. The van der Waals surface area contributed by atoms with Crippen LogP contribution in [0.15, 0.2) is 221 Å². The van der Waals surface area contributed by atoms with Gasteiger partial charge in [-0.25, -0.2) is 28.5 Å². The summed E-state index contributed by atoms with van der Waals surface area (Å²) < 4.78 is 31.8. The molecule has 0 unspecified atom stereocenters. The van der Waals surface area contributed by atoms with Crippen molar-refractivity contribution in [3.8, 4) is 35.9 Å². The lowest BCUT2D eigenvalue weighted by atomic mass is 9.98. The van der Waals surface area contributed by atoms with Gasteiger partial charge in [-0.05, 0) is 190 Å². The number of hydrazone groups is 3. The summed E-state index contributed by atoms with van der Waals surface area (Å²) in [6, 6.07) is 59.5. The second-order valence-electron chi connectivity index (χ2n) is 27.1. The Hall–Kier alpha value is -13.0. The molecule has 11 rings (SSSR count). The minimum absolute atomic E-state index is 0.0355. The summed E-state index contributed by atoms with van der Waals surface area (Å²) in [5, 5.41) is 33.3. The fourth-order valence-corrected chi connectivity index (χ4v) is 11.8. The summed E-state index contributed by atoms with van der Waals surface area (Å²) in [4.78, 5) is 55.1. The van der Waals surface area contributed by atoms with Gasteiger partial charge in [-0.2, -0.15) is 15.3 Å². The van der Waals surface area contributed by atoms with Gasteiger partial charge in [-0.3, -0.25) is 28.9 Å². The van der Waals surface area contributed by atoms with Gasteiger partial charge in [0.2, 0.25) is 17.7 Å². The van der Waals surface area contributed by atoms with Crippen molar-refractivity contribution in [3.63, 3.8) is 0 Å². The zero-order valence-electron chi connectivity index (χ0n) is 65.3. The maximum Gasteiger partial charge on any atom is 0.248 e. The largest absolute Gasteiger partial charge is 0.297 e. The molecule has 2 heterocycles. The highest BCUT2D eigenvalue weighted by molar-refractivity contribution is 5.88. The molecule has 0 N–H and O–H groups in total. The lowest BCUT2D eigenvalue weighted by Gasteiger charge is -2.17. The summed E-state index contributed by atoms with van der Waals surface area (Å²) >= 11 is 0. The van der Waals surface area contributed by atoms with Crippen LogP contribution in [0.25, 0.3) is 11.3 Å². The Labute approximate surface area is 651 Å². The van der Waals surface area contributed by atoms with Crippen LogP contribution in [0.5, 0.6) is 0 Å². The Morgan fingerprint density at radius 3 is 1.29 bits per heavy atom. The molecular formula is C92H95F2N13O4. The summed E-state index contributed by atoms with van der Waals surface area (Å²) in [7, 11) is 0. The molecule has 0 fully saturated rings. The molecule has 9 aromatic carbocycles. The Balaban J connectivity index is 0.000000188. The van der Waals surface area contributed by atoms with E-state index in [-0.39, 0.29) is 74.2 Å². The number of ketones is 1. The van der Waals surface area contributed by atoms with Gasteiger partial charge in [0, 0.05) is 35.9 Å². The molecule has 566 valence electrons. The van der Waals surface area contributed by atoms with Gasteiger partial charge in [-0.15, -0.1) is 23.0 Å². The summed E-state index contributed by atoms with van der Waals surface area (Å²) in [6.07, 6.45) is 21.7. The summed E-state index contributed by atoms with van der Waals surface area (Å²) in [5.74, 6) is 3.75. The van der Waals surface area contributed by atoms with Gasteiger partial charge in [0.15, 0.2) is 5.78 Å². The standard InChI is InChI=1S/C28H28FN5O.C22H24N4O.C21H21FN2O.C21H22N2O/c1-20-12-13-24(27(29)14-20)16-30-34(28(35)15-26-21(2)8-7-9-22(26)3)19-25-18-33(32-31-25)17-23-10-5-4-6-11-23;1-4-26-15-22(24-25-26)19-10-8-18(9-11-19)13-23-14-20(27)12-21-16(2)6-5-7-17(21)3;1-5-11-24(23-14-18-10-9-15(2)12-20(18)22)21(25)13-19-16(3)7-6-8-17(19)4;1-5-13-23(22-15-19-11-9-16(2)10-12-19)21(24)14-20-17(3)7-6-8-18(20)4/h4-14,16,18H,15,17,19H2,1-3H3;5-11,13,15H,4,12,14H2,1-3H3;1,6-10,12,14H,11,13H2,2-4H3;1,6-12,15H,13-14H2,2-4H3/b30-16+;;23-14+;22-15+. The van der Waals surface area contributed by atoms with Crippen molar-refractivity contribution >= 4 is 48.4 Å². The number of terminal acetylenes is 2. The summed E-state index contributed by atoms with van der Waals surface area (Å²) in [6.45, 7) is 25.6. The van der Waals surface area contributed by atoms with E-state index in [2.05, 4.69) is 52.8 Å². The van der Waals surface area contributed by atoms with E-state index in [9.17, 15) is 28.0 Å². The fourth-order valence-electron chi connectivity index (χ4n) is 11.8. The number of hydrogen-bond donors (Lipinski definition) is 0. The molecule has 0 saturated heterocycles. The topological polar surface area (TPSA) is 189 Å². The second kappa shape index (κ2) is 41.9. The van der Waals surface area contributed by atoms with E-state index in [1.807, 2.05) is 247 Å². The van der Waals surface area contributed by atoms with Crippen LogP contribution in [0.2, 0.25) is 0 Å². The molecule has 2 aromatic heterocycles. The molecule has 3 amide bonds. The van der Waals surface area contributed by atoms with Crippen LogP contribution in [-0.4, -0.2) is 113 Å². The van der Waals surface area contributed by atoms with E-state index >= 15 is 0 Å². The van der Waals surface area contributed by atoms with Crippen molar-refractivity contribution in [2.75, 3.05) is 19.6 Å². The number of carbonyl (C=O) groups excluding carboxylic acids is 4. The molecular weight excluding hydrogens is 1390 g/mol. The normalized spacial score (nSPS) is 11.0. The van der Waals surface area contributed by atoms with Crippen molar-refractivity contribution in [2.45, 2.75) is 128 Å². The monoisotopic (exact) mass is 1480 g/mol.